The summed E-state index contributed by atoms with van der Waals surface area (Å²) in [5.74, 6) is 1.29. The molecule has 1 aromatic heterocycles. The lowest BCUT2D eigenvalue weighted by Crippen LogP contribution is -2.22. The molecule has 1 aromatic carbocycles. The van der Waals surface area contributed by atoms with Crippen LogP contribution in [0.25, 0.3) is 11.3 Å². The third-order valence-corrected chi connectivity index (χ3v) is 2.56. The lowest BCUT2D eigenvalue weighted by Gasteiger charge is -1.98. The molecule has 17 heavy (non-hydrogen) atoms. The maximum atomic E-state index is 11.7. The van der Waals surface area contributed by atoms with Crippen LogP contribution in [0.5, 0.6) is 0 Å². The van der Waals surface area contributed by atoms with E-state index in [1.54, 1.807) is 13.0 Å². The number of aryl methyl sites for hydroxylation is 1. The molecule has 0 saturated heterocycles. The standard InChI is InChI=1S/C14H15NO2/c1-3-15-14(16)12-9-13(17-10(12)2)11-7-5-4-6-8-11/h4-9H,3H2,1-2H3,(H,15,16). The van der Waals surface area contributed by atoms with E-state index < -0.39 is 0 Å². The summed E-state index contributed by atoms with van der Waals surface area (Å²) < 4.78 is 5.61. The molecular weight excluding hydrogens is 214 g/mol. The molecule has 88 valence electrons. The van der Waals surface area contributed by atoms with Gasteiger partial charge in [-0.05, 0) is 19.9 Å². The maximum absolute atomic E-state index is 11.7. The van der Waals surface area contributed by atoms with Crippen molar-refractivity contribution in [2.75, 3.05) is 6.54 Å². The average molecular weight is 229 g/mol. The molecule has 0 atom stereocenters. The van der Waals surface area contributed by atoms with Crippen molar-refractivity contribution in [3.8, 4) is 11.3 Å². The van der Waals surface area contributed by atoms with Gasteiger partial charge in [0.2, 0.25) is 0 Å². The number of carbonyl (C=O) groups excluding carboxylic acids is 1. The fourth-order valence-electron chi connectivity index (χ4n) is 1.71. The van der Waals surface area contributed by atoms with E-state index in [1.807, 2.05) is 37.3 Å². The Kier molecular flexibility index (Phi) is 3.28. The molecule has 1 amide bonds. The summed E-state index contributed by atoms with van der Waals surface area (Å²) in [6, 6.07) is 11.5. The van der Waals surface area contributed by atoms with Crippen LogP contribution in [-0.4, -0.2) is 12.5 Å². The van der Waals surface area contributed by atoms with Gasteiger partial charge in [0, 0.05) is 12.1 Å². The highest BCUT2D eigenvalue weighted by molar-refractivity contribution is 5.96. The molecule has 2 aromatic rings. The first-order valence-electron chi connectivity index (χ1n) is 5.66. The highest BCUT2D eigenvalue weighted by Crippen LogP contribution is 2.24. The van der Waals surface area contributed by atoms with Crippen LogP contribution in [0, 0.1) is 6.92 Å². The van der Waals surface area contributed by atoms with E-state index in [1.165, 1.54) is 0 Å². The number of amides is 1. The van der Waals surface area contributed by atoms with Crippen LogP contribution in [0.1, 0.15) is 23.0 Å². The first-order valence-corrected chi connectivity index (χ1v) is 5.66. The van der Waals surface area contributed by atoms with Gasteiger partial charge in [0.25, 0.3) is 5.91 Å². The van der Waals surface area contributed by atoms with Crippen LogP contribution in [0.15, 0.2) is 40.8 Å². The zero-order valence-electron chi connectivity index (χ0n) is 9.99. The first-order chi connectivity index (χ1) is 8.22. The highest BCUT2D eigenvalue weighted by atomic mass is 16.3. The molecule has 3 heteroatoms. The van der Waals surface area contributed by atoms with E-state index in [0.717, 1.165) is 11.3 Å². The van der Waals surface area contributed by atoms with Crippen molar-refractivity contribution in [1.82, 2.24) is 5.32 Å². The molecule has 0 aliphatic carbocycles. The van der Waals surface area contributed by atoms with Crippen LogP contribution in [0.4, 0.5) is 0 Å². The number of rotatable bonds is 3. The normalized spacial score (nSPS) is 10.2. The number of carbonyl (C=O) groups is 1. The van der Waals surface area contributed by atoms with Crippen molar-refractivity contribution in [3.63, 3.8) is 0 Å². The van der Waals surface area contributed by atoms with Gasteiger partial charge in [-0.25, -0.2) is 0 Å². The Labute approximate surface area is 100 Å². The Morgan fingerprint density at radius 3 is 2.65 bits per heavy atom. The van der Waals surface area contributed by atoms with Crippen molar-refractivity contribution < 1.29 is 9.21 Å². The first kappa shape index (κ1) is 11.5. The summed E-state index contributed by atoms with van der Waals surface area (Å²) in [6.45, 7) is 4.31. The summed E-state index contributed by atoms with van der Waals surface area (Å²) in [6.07, 6.45) is 0. The summed E-state index contributed by atoms with van der Waals surface area (Å²) in [5.41, 5.74) is 1.58. The lowest BCUT2D eigenvalue weighted by atomic mass is 10.1. The van der Waals surface area contributed by atoms with Crippen molar-refractivity contribution >= 4 is 5.91 Å². The van der Waals surface area contributed by atoms with Crippen molar-refractivity contribution in [2.24, 2.45) is 0 Å². The molecular formula is C14H15NO2. The highest BCUT2D eigenvalue weighted by Gasteiger charge is 2.14. The van der Waals surface area contributed by atoms with Gasteiger partial charge in [-0.1, -0.05) is 30.3 Å². The second-order valence-corrected chi connectivity index (χ2v) is 3.81. The molecule has 0 aliphatic rings. The monoisotopic (exact) mass is 229 g/mol. The van der Waals surface area contributed by atoms with Crippen LogP contribution in [0.2, 0.25) is 0 Å². The number of benzene rings is 1. The fraction of sp³-hybridized carbons (Fsp3) is 0.214. The fourth-order valence-corrected chi connectivity index (χ4v) is 1.71. The van der Waals surface area contributed by atoms with Gasteiger partial charge in [-0.2, -0.15) is 0 Å². The SMILES string of the molecule is CCNC(=O)c1cc(-c2ccccc2)oc1C. The van der Waals surface area contributed by atoms with Gasteiger partial charge >= 0.3 is 0 Å². The second-order valence-electron chi connectivity index (χ2n) is 3.81. The molecule has 1 heterocycles. The second kappa shape index (κ2) is 4.87. The number of hydrogen-bond acceptors (Lipinski definition) is 2. The van der Waals surface area contributed by atoms with Crippen LogP contribution < -0.4 is 5.32 Å². The Hall–Kier alpha value is -2.03. The molecule has 0 radical (unpaired) electrons. The number of hydrogen-bond donors (Lipinski definition) is 1. The predicted octanol–water partition coefficient (Wildman–Crippen LogP) is 3.00. The molecule has 0 unspecified atom stereocenters. The zero-order valence-corrected chi connectivity index (χ0v) is 9.99. The van der Waals surface area contributed by atoms with Crippen molar-refractivity contribution in [3.05, 3.63) is 47.7 Å². The molecule has 0 saturated carbocycles. The zero-order chi connectivity index (χ0) is 12.3. The van der Waals surface area contributed by atoms with Gasteiger partial charge < -0.3 is 9.73 Å². The average Bonchev–Trinajstić information content (AvgIpc) is 2.73. The quantitative estimate of drug-likeness (QED) is 0.879. The third kappa shape index (κ3) is 2.38. The number of furan rings is 1. The molecule has 0 spiro atoms. The van der Waals surface area contributed by atoms with E-state index in [-0.39, 0.29) is 5.91 Å². The molecule has 2 rings (SSSR count). The summed E-state index contributed by atoms with van der Waals surface area (Å²) in [4.78, 5) is 11.7. The molecule has 0 fully saturated rings. The van der Waals surface area contributed by atoms with Gasteiger partial charge in [0.05, 0.1) is 5.56 Å². The van der Waals surface area contributed by atoms with E-state index in [2.05, 4.69) is 5.32 Å². The van der Waals surface area contributed by atoms with Gasteiger partial charge in [-0.15, -0.1) is 0 Å². The summed E-state index contributed by atoms with van der Waals surface area (Å²) in [5, 5.41) is 2.77. The summed E-state index contributed by atoms with van der Waals surface area (Å²) in [7, 11) is 0. The Balaban J connectivity index is 2.34. The van der Waals surface area contributed by atoms with E-state index in [0.29, 0.717) is 17.9 Å². The molecule has 0 aliphatic heterocycles. The topological polar surface area (TPSA) is 42.2 Å². The molecule has 3 nitrogen and oxygen atoms in total. The van der Waals surface area contributed by atoms with Crippen LogP contribution >= 0.6 is 0 Å². The van der Waals surface area contributed by atoms with Crippen LogP contribution in [-0.2, 0) is 0 Å². The lowest BCUT2D eigenvalue weighted by molar-refractivity contribution is 0.0954. The molecule has 1 N–H and O–H groups in total. The minimum Gasteiger partial charge on any atom is -0.461 e. The van der Waals surface area contributed by atoms with Crippen molar-refractivity contribution in [2.45, 2.75) is 13.8 Å². The smallest absolute Gasteiger partial charge is 0.254 e. The van der Waals surface area contributed by atoms with Crippen molar-refractivity contribution in [1.29, 1.82) is 0 Å². The van der Waals surface area contributed by atoms with Gasteiger partial charge in [-0.3, -0.25) is 4.79 Å². The predicted molar refractivity (Wildman–Crippen MR) is 66.9 cm³/mol. The minimum atomic E-state index is -0.0871. The van der Waals surface area contributed by atoms with E-state index in [9.17, 15) is 4.79 Å². The Morgan fingerprint density at radius 2 is 2.00 bits per heavy atom. The maximum Gasteiger partial charge on any atom is 0.254 e. The van der Waals surface area contributed by atoms with E-state index >= 15 is 0 Å². The Morgan fingerprint density at radius 1 is 1.29 bits per heavy atom. The van der Waals surface area contributed by atoms with E-state index in [4.69, 9.17) is 4.42 Å². The van der Waals surface area contributed by atoms with Gasteiger partial charge in [0.1, 0.15) is 11.5 Å². The number of nitrogens with one attached hydrogen (secondary N) is 1. The largest absolute Gasteiger partial charge is 0.461 e. The van der Waals surface area contributed by atoms with Crippen LogP contribution in [0.3, 0.4) is 0 Å². The third-order valence-electron chi connectivity index (χ3n) is 2.56. The minimum absolute atomic E-state index is 0.0871. The Bertz CT molecular complexity index is 514. The molecule has 0 bridgehead atoms. The summed E-state index contributed by atoms with van der Waals surface area (Å²) >= 11 is 0. The van der Waals surface area contributed by atoms with Gasteiger partial charge in [0.15, 0.2) is 0 Å².